The predicted molar refractivity (Wildman–Crippen MR) is 147 cm³/mol. The van der Waals surface area contributed by atoms with Crippen LogP contribution >= 0.6 is 0 Å². The van der Waals surface area contributed by atoms with Crippen LogP contribution in [0.2, 0.25) is 0 Å². The Hall–Kier alpha value is -3.54. The van der Waals surface area contributed by atoms with Gasteiger partial charge >= 0.3 is 6.36 Å². The van der Waals surface area contributed by atoms with Crippen molar-refractivity contribution in [3.8, 4) is 18.6 Å². The zero-order valence-corrected chi connectivity index (χ0v) is 22.5. The fourth-order valence-electron chi connectivity index (χ4n) is 4.18. The lowest BCUT2D eigenvalue weighted by Crippen LogP contribution is -2.30. The number of halogens is 3. The molecule has 0 unspecified atom stereocenters. The molecule has 1 heterocycles. The largest absolute Gasteiger partial charge is 0.522 e. The molecule has 0 spiro atoms. The first-order valence-corrected chi connectivity index (χ1v) is 12.1. The third kappa shape index (κ3) is 8.51. The lowest BCUT2D eigenvalue weighted by atomic mass is 9.95. The highest BCUT2D eigenvalue weighted by molar-refractivity contribution is 6.10. The Labute approximate surface area is 222 Å². The number of alkyl halides is 3. The molecule has 0 saturated heterocycles. The Kier molecular flexibility index (Phi) is 12.8. The number of phenols is 1. The van der Waals surface area contributed by atoms with Crippen LogP contribution in [0.1, 0.15) is 52.5 Å². The summed E-state index contributed by atoms with van der Waals surface area (Å²) in [7, 11) is 0. The van der Waals surface area contributed by atoms with Gasteiger partial charge in [0.05, 0.1) is 12.3 Å². The highest BCUT2D eigenvalue weighted by atomic mass is 19.4. The predicted octanol–water partition coefficient (Wildman–Crippen LogP) is 7.01. The van der Waals surface area contributed by atoms with Gasteiger partial charge in [-0.25, -0.2) is 0 Å². The highest BCUT2D eigenvalue weighted by Crippen LogP contribution is 2.45. The summed E-state index contributed by atoms with van der Waals surface area (Å²) in [6.45, 7) is 8.86. The second-order valence-corrected chi connectivity index (χ2v) is 8.65. The van der Waals surface area contributed by atoms with Gasteiger partial charge in [-0.1, -0.05) is 49.4 Å². The van der Waals surface area contributed by atoms with Crippen molar-refractivity contribution in [2.75, 3.05) is 24.7 Å². The van der Waals surface area contributed by atoms with E-state index in [0.29, 0.717) is 35.4 Å². The second-order valence-electron chi connectivity index (χ2n) is 8.65. The number of anilines is 1. The number of amides is 1. The quantitative estimate of drug-likeness (QED) is 0.182. The number of phenolic OH excluding ortho intramolecular Hbond substituents is 1. The summed E-state index contributed by atoms with van der Waals surface area (Å²) in [5, 5.41) is 19.7. The summed E-state index contributed by atoms with van der Waals surface area (Å²) in [5.41, 5.74) is 3.05. The Morgan fingerprint density at radius 3 is 2.34 bits per heavy atom. The standard InChI is InChI=1S/C26H28F3NO3.C2H6O.C2H2/c1-5-6-9-19(18(4)15-33-26(27,28)29)12-16(2)25(32)30-14-17(3)24-21-11-8-7-10-20(21)23(31)13-22(24)30;1-2-3;1-2/h5-8,10-13,17,31H,9,14-15H2,1-4H3;3H,2H2,1H3;1-2H/b6-5-,16-12+,19-18+;;/t17-;;/m1../s1. The van der Waals surface area contributed by atoms with Gasteiger partial charge < -0.3 is 15.1 Å². The first-order valence-electron chi connectivity index (χ1n) is 12.1. The van der Waals surface area contributed by atoms with Crippen LogP contribution in [0, 0.1) is 12.8 Å². The minimum atomic E-state index is -4.72. The SMILES string of the molecule is C#C.C/C=C\CC(/C=C(\C)C(=O)N1C[C@@H](C)c2c1cc(O)c1ccccc21)=C(/C)COC(F)(F)F.CCO. The average Bonchev–Trinajstić information content (AvgIpc) is 3.21. The molecule has 1 aliphatic heterocycles. The molecular weight excluding hydrogens is 495 g/mol. The van der Waals surface area contributed by atoms with Crippen molar-refractivity contribution in [1.82, 2.24) is 0 Å². The van der Waals surface area contributed by atoms with Crippen molar-refractivity contribution in [3.63, 3.8) is 0 Å². The number of aromatic hydroxyl groups is 1. The van der Waals surface area contributed by atoms with E-state index < -0.39 is 13.0 Å². The minimum Gasteiger partial charge on any atom is -0.507 e. The van der Waals surface area contributed by atoms with E-state index in [1.54, 1.807) is 43.9 Å². The lowest BCUT2D eigenvalue weighted by Gasteiger charge is -2.19. The topological polar surface area (TPSA) is 70.0 Å². The van der Waals surface area contributed by atoms with Crippen LogP contribution in [0.3, 0.4) is 0 Å². The van der Waals surface area contributed by atoms with Crippen LogP contribution < -0.4 is 4.90 Å². The van der Waals surface area contributed by atoms with Crippen molar-refractivity contribution in [2.45, 2.75) is 53.3 Å². The van der Waals surface area contributed by atoms with Gasteiger partial charge in [-0.2, -0.15) is 0 Å². The van der Waals surface area contributed by atoms with E-state index in [2.05, 4.69) is 17.6 Å². The third-order valence-electron chi connectivity index (χ3n) is 5.83. The number of ether oxygens (including phenoxy) is 1. The number of nitrogens with zero attached hydrogens (tertiary/aromatic N) is 1. The van der Waals surface area contributed by atoms with Crippen molar-refractivity contribution < 1.29 is 32.9 Å². The van der Waals surface area contributed by atoms with Crippen molar-refractivity contribution >= 4 is 22.4 Å². The van der Waals surface area contributed by atoms with Gasteiger partial charge in [0.15, 0.2) is 0 Å². The molecule has 5 nitrogen and oxygen atoms in total. The van der Waals surface area contributed by atoms with Crippen LogP contribution in [0.15, 0.2) is 65.3 Å². The molecule has 0 aromatic heterocycles. The molecule has 0 saturated carbocycles. The van der Waals surface area contributed by atoms with Gasteiger partial charge in [-0.15, -0.1) is 26.0 Å². The molecule has 1 amide bonds. The van der Waals surface area contributed by atoms with E-state index in [0.717, 1.165) is 16.3 Å². The highest BCUT2D eigenvalue weighted by Gasteiger charge is 2.33. The van der Waals surface area contributed by atoms with Crippen molar-refractivity contribution in [2.24, 2.45) is 0 Å². The second kappa shape index (κ2) is 15.0. The van der Waals surface area contributed by atoms with Crippen LogP contribution in [-0.2, 0) is 9.53 Å². The number of fused-ring (bicyclic) bond motifs is 3. The molecule has 0 aliphatic carbocycles. The number of hydrogen-bond acceptors (Lipinski definition) is 4. The summed E-state index contributed by atoms with van der Waals surface area (Å²) in [6.07, 6.45) is 8.91. The number of rotatable bonds is 6. The van der Waals surface area contributed by atoms with Crippen molar-refractivity contribution in [3.05, 3.63) is 70.8 Å². The number of carbonyl (C=O) groups is 1. The fraction of sp³-hybridized carbons (Fsp3) is 0.367. The summed E-state index contributed by atoms with van der Waals surface area (Å²) in [6, 6.07) is 9.15. The Bertz CT molecular complexity index is 1210. The van der Waals surface area contributed by atoms with E-state index in [1.165, 1.54) is 0 Å². The lowest BCUT2D eigenvalue weighted by molar-refractivity contribution is -0.320. The Morgan fingerprint density at radius 2 is 1.79 bits per heavy atom. The van der Waals surface area contributed by atoms with E-state index in [1.807, 2.05) is 44.2 Å². The summed E-state index contributed by atoms with van der Waals surface area (Å²) in [4.78, 5) is 15.0. The molecule has 206 valence electrons. The van der Waals surface area contributed by atoms with Gasteiger partial charge in [0.1, 0.15) is 5.75 Å². The van der Waals surface area contributed by atoms with E-state index in [-0.39, 0.29) is 24.2 Å². The summed E-state index contributed by atoms with van der Waals surface area (Å²) in [5.74, 6) is -0.0771. The van der Waals surface area contributed by atoms with E-state index in [9.17, 15) is 23.1 Å². The molecule has 1 atom stereocenters. The molecule has 38 heavy (non-hydrogen) atoms. The Morgan fingerprint density at radius 1 is 1.21 bits per heavy atom. The third-order valence-corrected chi connectivity index (χ3v) is 5.83. The summed E-state index contributed by atoms with van der Waals surface area (Å²) < 4.78 is 41.5. The summed E-state index contributed by atoms with van der Waals surface area (Å²) >= 11 is 0. The molecule has 3 rings (SSSR count). The zero-order chi connectivity index (χ0) is 29.0. The molecule has 2 N–H and O–H groups in total. The number of benzene rings is 2. The van der Waals surface area contributed by atoms with Gasteiger partial charge in [0.2, 0.25) is 0 Å². The normalized spacial score (nSPS) is 15.8. The van der Waals surface area contributed by atoms with Crippen LogP contribution in [0.5, 0.6) is 5.75 Å². The fourth-order valence-corrected chi connectivity index (χ4v) is 4.18. The number of carbonyl (C=O) groups excluding carboxylic acids is 1. The number of aliphatic hydroxyl groups is 1. The van der Waals surface area contributed by atoms with Gasteiger partial charge in [0.25, 0.3) is 5.91 Å². The molecule has 0 bridgehead atoms. The van der Waals surface area contributed by atoms with E-state index in [4.69, 9.17) is 5.11 Å². The molecule has 2 aromatic rings. The smallest absolute Gasteiger partial charge is 0.507 e. The number of hydrogen-bond donors (Lipinski definition) is 2. The number of allylic oxidation sites excluding steroid dienone is 4. The van der Waals surface area contributed by atoms with Gasteiger partial charge in [-0.3, -0.25) is 9.53 Å². The molecule has 8 heteroatoms. The van der Waals surface area contributed by atoms with Crippen LogP contribution in [0.4, 0.5) is 18.9 Å². The molecular formula is C30H36F3NO4. The maximum absolute atomic E-state index is 13.4. The first kappa shape index (κ1) is 32.5. The van der Waals surface area contributed by atoms with Crippen molar-refractivity contribution in [1.29, 1.82) is 0 Å². The molecule has 1 aliphatic rings. The molecule has 0 radical (unpaired) electrons. The number of aliphatic hydroxyl groups excluding tert-OH is 1. The number of terminal acetylenes is 1. The van der Waals surface area contributed by atoms with Crippen LogP contribution in [0.25, 0.3) is 10.8 Å². The monoisotopic (exact) mass is 531 g/mol. The van der Waals surface area contributed by atoms with Crippen LogP contribution in [-0.4, -0.2) is 42.2 Å². The van der Waals surface area contributed by atoms with E-state index >= 15 is 0 Å². The minimum absolute atomic E-state index is 0.0715. The van der Waals surface area contributed by atoms with Gasteiger partial charge in [0, 0.05) is 36.1 Å². The molecule has 2 aromatic carbocycles. The maximum Gasteiger partial charge on any atom is 0.522 e. The first-order chi connectivity index (χ1) is 17.9. The molecule has 0 fully saturated rings. The van der Waals surface area contributed by atoms with Gasteiger partial charge in [-0.05, 0) is 56.2 Å². The Balaban J connectivity index is 0.00000135. The zero-order valence-electron chi connectivity index (χ0n) is 22.5. The maximum atomic E-state index is 13.4. The average molecular weight is 532 g/mol.